The van der Waals surface area contributed by atoms with Gasteiger partial charge in [-0.05, 0) is 25.0 Å². The summed E-state index contributed by atoms with van der Waals surface area (Å²) in [5.41, 5.74) is 1.00. The summed E-state index contributed by atoms with van der Waals surface area (Å²) >= 11 is 0. The summed E-state index contributed by atoms with van der Waals surface area (Å²) in [7, 11) is 0. The van der Waals surface area contributed by atoms with E-state index in [0.29, 0.717) is 11.4 Å². The van der Waals surface area contributed by atoms with Crippen LogP contribution in [0.15, 0.2) is 30.5 Å². The molecule has 1 N–H and O–H groups in total. The lowest BCUT2D eigenvalue weighted by Gasteiger charge is -2.24. The van der Waals surface area contributed by atoms with Crippen LogP contribution in [0.1, 0.15) is 23.3 Å². The lowest BCUT2D eigenvalue weighted by molar-refractivity contribution is -0.111. The molecule has 0 saturated carbocycles. The Morgan fingerprint density at radius 1 is 1.16 bits per heavy atom. The first-order valence-corrected chi connectivity index (χ1v) is 8.75. The standard InChI is InChI=1S/C18H24N4O3/c23-17(4-3-7-21-10-12-25-13-11-21)20-15-5-6-16(19-14-15)18(24)22-8-1-2-9-22/h3-6,14H,1-2,7-13H2,(H,20,23)/b4-3+. The first-order valence-electron chi connectivity index (χ1n) is 8.75. The molecule has 0 spiro atoms. The summed E-state index contributed by atoms with van der Waals surface area (Å²) in [6, 6.07) is 3.37. The molecule has 7 nitrogen and oxygen atoms in total. The van der Waals surface area contributed by atoms with Gasteiger partial charge in [0.2, 0.25) is 5.91 Å². The Hall–Kier alpha value is -2.25. The van der Waals surface area contributed by atoms with Gasteiger partial charge >= 0.3 is 0 Å². The molecule has 0 bridgehead atoms. The van der Waals surface area contributed by atoms with Crippen LogP contribution in [0.4, 0.5) is 5.69 Å². The van der Waals surface area contributed by atoms with Crippen molar-refractivity contribution in [3.05, 3.63) is 36.2 Å². The second-order valence-electron chi connectivity index (χ2n) is 6.24. The molecule has 2 aliphatic rings. The van der Waals surface area contributed by atoms with E-state index in [4.69, 9.17) is 4.74 Å². The highest BCUT2D eigenvalue weighted by atomic mass is 16.5. The molecular formula is C18H24N4O3. The Kier molecular flexibility index (Phi) is 6.14. The van der Waals surface area contributed by atoms with Gasteiger partial charge in [-0.3, -0.25) is 14.5 Å². The van der Waals surface area contributed by atoms with Gasteiger partial charge in [-0.25, -0.2) is 4.98 Å². The number of carbonyl (C=O) groups excluding carboxylic acids is 2. The van der Waals surface area contributed by atoms with E-state index in [9.17, 15) is 9.59 Å². The van der Waals surface area contributed by atoms with Crippen LogP contribution in [-0.4, -0.2) is 72.5 Å². The topological polar surface area (TPSA) is 74.8 Å². The fraction of sp³-hybridized carbons (Fsp3) is 0.500. The van der Waals surface area contributed by atoms with E-state index in [2.05, 4.69) is 15.2 Å². The van der Waals surface area contributed by atoms with E-state index in [1.165, 1.54) is 12.3 Å². The van der Waals surface area contributed by atoms with Crippen LogP contribution >= 0.6 is 0 Å². The molecule has 134 valence electrons. The van der Waals surface area contributed by atoms with Crippen LogP contribution < -0.4 is 5.32 Å². The number of morpholine rings is 1. The maximum Gasteiger partial charge on any atom is 0.272 e. The summed E-state index contributed by atoms with van der Waals surface area (Å²) in [6.07, 6.45) is 7.00. The van der Waals surface area contributed by atoms with Gasteiger partial charge in [0.1, 0.15) is 5.69 Å². The third-order valence-electron chi connectivity index (χ3n) is 4.38. The number of amides is 2. The third kappa shape index (κ3) is 5.11. The number of ether oxygens (including phenoxy) is 1. The highest BCUT2D eigenvalue weighted by molar-refractivity contribution is 5.99. The Balaban J connectivity index is 1.47. The van der Waals surface area contributed by atoms with Crippen molar-refractivity contribution in [1.29, 1.82) is 0 Å². The average Bonchev–Trinajstić information content (AvgIpc) is 3.17. The van der Waals surface area contributed by atoms with Crippen LogP contribution in [0.5, 0.6) is 0 Å². The molecule has 3 heterocycles. The molecule has 2 amide bonds. The predicted molar refractivity (Wildman–Crippen MR) is 94.4 cm³/mol. The predicted octanol–water partition coefficient (Wildman–Crippen LogP) is 1.14. The smallest absolute Gasteiger partial charge is 0.272 e. The molecule has 0 aromatic carbocycles. The minimum Gasteiger partial charge on any atom is -0.379 e. The molecular weight excluding hydrogens is 320 g/mol. The van der Waals surface area contributed by atoms with Gasteiger partial charge in [-0.1, -0.05) is 6.08 Å². The van der Waals surface area contributed by atoms with Crippen molar-refractivity contribution in [3.8, 4) is 0 Å². The normalized spacial score (nSPS) is 18.6. The average molecular weight is 344 g/mol. The van der Waals surface area contributed by atoms with Gasteiger partial charge in [0.05, 0.1) is 25.1 Å². The van der Waals surface area contributed by atoms with Crippen LogP contribution in [-0.2, 0) is 9.53 Å². The second kappa shape index (κ2) is 8.73. The lowest BCUT2D eigenvalue weighted by atomic mass is 10.3. The first kappa shape index (κ1) is 17.6. The van der Waals surface area contributed by atoms with Crippen LogP contribution in [0.2, 0.25) is 0 Å². The molecule has 0 aliphatic carbocycles. The number of rotatable bonds is 5. The summed E-state index contributed by atoms with van der Waals surface area (Å²) in [4.78, 5) is 32.4. The van der Waals surface area contributed by atoms with Gasteiger partial charge in [-0.15, -0.1) is 0 Å². The zero-order valence-electron chi connectivity index (χ0n) is 14.3. The summed E-state index contributed by atoms with van der Waals surface area (Å²) < 4.78 is 5.29. The van der Waals surface area contributed by atoms with Crippen molar-refractivity contribution in [1.82, 2.24) is 14.8 Å². The van der Waals surface area contributed by atoms with Gasteiger partial charge in [0.15, 0.2) is 0 Å². The van der Waals surface area contributed by atoms with Gasteiger partial charge in [0.25, 0.3) is 5.91 Å². The minimum atomic E-state index is -0.200. The number of pyridine rings is 1. The Labute approximate surface area is 147 Å². The van der Waals surface area contributed by atoms with Crippen molar-refractivity contribution in [3.63, 3.8) is 0 Å². The number of anilines is 1. The zero-order chi connectivity index (χ0) is 17.5. The second-order valence-corrected chi connectivity index (χ2v) is 6.24. The Bertz CT molecular complexity index is 618. The van der Waals surface area contributed by atoms with Gasteiger partial charge in [0, 0.05) is 38.8 Å². The molecule has 1 aromatic heterocycles. The maximum absolute atomic E-state index is 12.2. The van der Waals surface area contributed by atoms with E-state index < -0.39 is 0 Å². The van der Waals surface area contributed by atoms with Crippen molar-refractivity contribution in [2.45, 2.75) is 12.8 Å². The van der Waals surface area contributed by atoms with Gasteiger partial charge < -0.3 is 15.0 Å². The summed E-state index contributed by atoms with van der Waals surface area (Å²) in [5, 5.41) is 2.76. The molecule has 0 unspecified atom stereocenters. The van der Waals surface area contributed by atoms with Crippen LogP contribution in [0, 0.1) is 0 Å². The van der Waals surface area contributed by atoms with E-state index in [-0.39, 0.29) is 11.8 Å². The van der Waals surface area contributed by atoms with Crippen LogP contribution in [0.25, 0.3) is 0 Å². The number of likely N-dealkylation sites (tertiary alicyclic amines) is 1. The maximum atomic E-state index is 12.2. The van der Waals surface area contributed by atoms with E-state index >= 15 is 0 Å². The Morgan fingerprint density at radius 3 is 2.60 bits per heavy atom. The zero-order valence-corrected chi connectivity index (χ0v) is 14.3. The number of hydrogen-bond acceptors (Lipinski definition) is 5. The van der Waals surface area contributed by atoms with Crippen molar-refractivity contribution in [2.75, 3.05) is 51.3 Å². The number of aromatic nitrogens is 1. The molecule has 25 heavy (non-hydrogen) atoms. The monoisotopic (exact) mass is 344 g/mol. The SMILES string of the molecule is O=C(/C=C/CN1CCOCC1)Nc1ccc(C(=O)N2CCCC2)nc1. The van der Waals surface area contributed by atoms with Crippen molar-refractivity contribution in [2.24, 2.45) is 0 Å². The lowest BCUT2D eigenvalue weighted by Crippen LogP contribution is -2.36. The molecule has 0 atom stereocenters. The quantitative estimate of drug-likeness (QED) is 0.811. The summed E-state index contributed by atoms with van der Waals surface area (Å²) in [5.74, 6) is -0.241. The number of nitrogens with zero attached hydrogens (tertiary/aromatic N) is 3. The van der Waals surface area contributed by atoms with Crippen molar-refractivity contribution >= 4 is 17.5 Å². The van der Waals surface area contributed by atoms with Gasteiger partial charge in [-0.2, -0.15) is 0 Å². The molecule has 2 fully saturated rings. The van der Waals surface area contributed by atoms with E-state index in [0.717, 1.165) is 58.8 Å². The highest BCUT2D eigenvalue weighted by Gasteiger charge is 2.20. The Morgan fingerprint density at radius 2 is 1.92 bits per heavy atom. The third-order valence-corrected chi connectivity index (χ3v) is 4.38. The highest BCUT2D eigenvalue weighted by Crippen LogP contribution is 2.13. The molecule has 2 aliphatic heterocycles. The fourth-order valence-corrected chi connectivity index (χ4v) is 2.95. The molecule has 0 radical (unpaired) electrons. The van der Waals surface area contributed by atoms with E-state index in [1.807, 2.05) is 11.0 Å². The molecule has 7 heteroatoms. The minimum absolute atomic E-state index is 0.0409. The summed E-state index contributed by atoms with van der Waals surface area (Å²) in [6.45, 7) is 5.60. The number of hydrogen-bond donors (Lipinski definition) is 1. The molecule has 3 rings (SSSR count). The molecule has 1 aromatic rings. The van der Waals surface area contributed by atoms with Crippen LogP contribution in [0.3, 0.4) is 0 Å². The fourth-order valence-electron chi connectivity index (χ4n) is 2.95. The van der Waals surface area contributed by atoms with E-state index in [1.54, 1.807) is 12.1 Å². The number of carbonyl (C=O) groups is 2. The molecule has 2 saturated heterocycles. The van der Waals surface area contributed by atoms with Crippen molar-refractivity contribution < 1.29 is 14.3 Å². The largest absolute Gasteiger partial charge is 0.379 e. The number of nitrogens with one attached hydrogen (secondary N) is 1. The first-order chi connectivity index (χ1) is 12.2.